The van der Waals surface area contributed by atoms with Gasteiger partial charge in [0.25, 0.3) is 0 Å². The Morgan fingerprint density at radius 3 is 2.64 bits per heavy atom. The van der Waals surface area contributed by atoms with Crippen molar-refractivity contribution in [1.29, 1.82) is 0 Å². The van der Waals surface area contributed by atoms with Crippen molar-refractivity contribution in [2.24, 2.45) is 0 Å². The van der Waals surface area contributed by atoms with Crippen molar-refractivity contribution in [3.8, 4) is 5.75 Å². The van der Waals surface area contributed by atoms with E-state index in [0.29, 0.717) is 0 Å². The summed E-state index contributed by atoms with van der Waals surface area (Å²) in [4.78, 5) is 14.0. The van der Waals surface area contributed by atoms with Gasteiger partial charge in [-0.1, -0.05) is 12.1 Å². The van der Waals surface area contributed by atoms with Gasteiger partial charge in [-0.15, -0.1) is 0 Å². The molecule has 0 atom stereocenters. The second-order valence-corrected chi connectivity index (χ2v) is 4.32. The highest BCUT2D eigenvalue weighted by Crippen LogP contribution is 2.36. The van der Waals surface area contributed by atoms with Gasteiger partial charge in [0, 0.05) is 0 Å². The fourth-order valence-electron chi connectivity index (χ4n) is 1.98. The van der Waals surface area contributed by atoms with Crippen molar-refractivity contribution in [1.82, 2.24) is 9.55 Å². The molecule has 0 unspecified atom stereocenters. The minimum absolute atomic E-state index is 0.186. The first-order valence-electron chi connectivity index (χ1n) is 6.32. The molecule has 2 aromatic rings. The Hall–Kier alpha value is -2.58. The van der Waals surface area contributed by atoms with Gasteiger partial charge in [-0.2, -0.15) is 13.2 Å². The average molecular weight is 315 g/mol. The summed E-state index contributed by atoms with van der Waals surface area (Å²) in [5, 5.41) is 10.8. The number of aromatic nitrogens is 2. The Morgan fingerprint density at radius 1 is 1.36 bits per heavy atom. The van der Waals surface area contributed by atoms with E-state index >= 15 is 0 Å². The third-order valence-electron chi connectivity index (χ3n) is 2.97. The fourth-order valence-corrected chi connectivity index (χ4v) is 1.98. The summed E-state index contributed by atoms with van der Waals surface area (Å²) in [5.74, 6) is -0.389. The third kappa shape index (κ3) is 3.18. The number of nitrogens with zero attached hydrogens (tertiary/aromatic N) is 3. The van der Waals surface area contributed by atoms with Crippen LogP contribution in [-0.2, 0) is 19.3 Å². The molecule has 9 heteroatoms. The van der Waals surface area contributed by atoms with Crippen LogP contribution in [0, 0.1) is 10.1 Å². The first kappa shape index (κ1) is 15.8. The SMILES string of the molecule is CCn1c([N+](=O)[O-])cnc1COc1ccccc1C(F)(F)F. The number of nitro groups is 1. The molecule has 0 amide bonds. The van der Waals surface area contributed by atoms with Crippen LogP contribution < -0.4 is 4.74 Å². The lowest BCUT2D eigenvalue weighted by Crippen LogP contribution is -2.11. The van der Waals surface area contributed by atoms with E-state index in [1.807, 2.05) is 0 Å². The molecule has 118 valence electrons. The lowest BCUT2D eigenvalue weighted by Gasteiger charge is -2.12. The van der Waals surface area contributed by atoms with Crippen LogP contribution >= 0.6 is 0 Å². The van der Waals surface area contributed by atoms with Crippen LogP contribution in [0.1, 0.15) is 18.3 Å². The topological polar surface area (TPSA) is 70.2 Å². The number of alkyl halides is 3. The fraction of sp³-hybridized carbons (Fsp3) is 0.308. The molecule has 0 saturated carbocycles. The quantitative estimate of drug-likeness (QED) is 0.626. The van der Waals surface area contributed by atoms with Crippen molar-refractivity contribution >= 4 is 5.82 Å². The van der Waals surface area contributed by atoms with Crippen LogP contribution in [-0.4, -0.2) is 14.5 Å². The van der Waals surface area contributed by atoms with Crippen molar-refractivity contribution in [2.45, 2.75) is 26.3 Å². The van der Waals surface area contributed by atoms with Crippen LogP contribution in [0.15, 0.2) is 30.5 Å². The number of hydrogen-bond acceptors (Lipinski definition) is 4. The van der Waals surface area contributed by atoms with E-state index in [2.05, 4.69) is 4.98 Å². The standard InChI is InChI=1S/C13H12F3N3O3/c1-2-18-11(17-7-12(18)19(20)21)8-22-10-6-4-3-5-9(10)13(14,15)16/h3-7H,2,8H2,1H3. The Labute approximate surface area is 123 Å². The second-order valence-electron chi connectivity index (χ2n) is 4.32. The molecule has 22 heavy (non-hydrogen) atoms. The summed E-state index contributed by atoms with van der Waals surface area (Å²) in [7, 11) is 0. The molecule has 0 aliphatic carbocycles. The van der Waals surface area contributed by atoms with E-state index < -0.39 is 16.7 Å². The van der Waals surface area contributed by atoms with Gasteiger partial charge in [0.1, 0.15) is 11.9 Å². The molecular weight excluding hydrogens is 303 g/mol. The maximum Gasteiger partial charge on any atom is 0.419 e. The molecule has 0 aliphatic heterocycles. The predicted molar refractivity (Wildman–Crippen MR) is 70.3 cm³/mol. The monoisotopic (exact) mass is 315 g/mol. The van der Waals surface area contributed by atoms with Crippen LogP contribution in [0.25, 0.3) is 0 Å². The molecule has 1 heterocycles. The van der Waals surface area contributed by atoms with Gasteiger partial charge < -0.3 is 14.9 Å². The zero-order chi connectivity index (χ0) is 16.3. The predicted octanol–water partition coefficient (Wildman–Crippen LogP) is 3.41. The van der Waals surface area contributed by atoms with Crippen LogP contribution in [0.2, 0.25) is 0 Å². The Bertz CT molecular complexity index is 683. The van der Waals surface area contributed by atoms with E-state index in [9.17, 15) is 23.3 Å². The number of halogens is 3. The molecule has 0 fully saturated rings. The number of ether oxygens (including phenoxy) is 1. The largest absolute Gasteiger partial charge is 0.483 e. The molecule has 0 aliphatic rings. The summed E-state index contributed by atoms with van der Waals surface area (Å²) in [6.07, 6.45) is -3.49. The molecule has 1 aromatic heterocycles. The summed E-state index contributed by atoms with van der Waals surface area (Å²) >= 11 is 0. The van der Waals surface area contributed by atoms with Crippen LogP contribution in [0.4, 0.5) is 19.0 Å². The molecule has 0 spiro atoms. The lowest BCUT2D eigenvalue weighted by atomic mass is 10.2. The molecular formula is C13H12F3N3O3. The van der Waals surface area contributed by atoms with Gasteiger partial charge in [0.15, 0.2) is 6.61 Å². The summed E-state index contributed by atoms with van der Waals surface area (Å²) in [5.41, 5.74) is -0.904. The summed E-state index contributed by atoms with van der Waals surface area (Å²) < 4.78 is 45.0. The highest BCUT2D eigenvalue weighted by molar-refractivity contribution is 5.35. The Kier molecular flexibility index (Phi) is 4.34. The first-order valence-corrected chi connectivity index (χ1v) is 6.32. The normalized spacial score (nSPS) is 11.5. The van der Waals surface area contributed by atoms with E-state index in [4.69, 9.17) is 4.74 Å². The zero-order valence-electron chi connectivity index (χ0n) is 11.5. The van der Waals surface area contributed by atoms with Gasteiger partial charge in [-0.25, -0.2) is 9.55 Å². The molecule has 0 saturated heterocycles. The Balaban J connectivity index is 2.23. The lowest BCUT2D eigenvalue weighted by molar-refractivity contribution is -0.392. The minimum Gasteiger partial charge on any atom is -0.483 e. The van der Waals surface area contributed by atoms with E-state index in [-0.39, 0.29) is 30.5 Å². The second kappa shape index (κ2) is 6.04. The maximum atomic E-state index is 12.8. The van der Waals surface area contributed by atoms with Crippen molar-refractivity contribution in [2.75, 3.05) is 0 Å². The molecule has 0 N–H and O–H groups in total. The van der Waals surface area contributed by atoms with Crippen molar-refractivity contribution in [3.05, 3.63) is 52.0 Å². The summed E-state index contributed by atoms with van der Waals surface area (Å²) in [6, 6.07) is 4.77. The zero-order valence-corrected chi connectivity index (χ0v) is 11.5. The highest BCUT2D eigenvalue weighted by Gasteiger charge is 2.34. The molecule has 6 nitrogen and oxygen atoms in total. The van der Waals surface area contributed by atoms with Gasteiger partial charge in [0.05, 0.1) is 12.1 Å². The number of para-hydroxylation sites is 1. The molecule has 2 rings (SSSR count). The third-order valence-corrected chi connectivity index (χ3v) is 2.97. The first-order chi connectivity index (χ1) is 10.3. The van der Waals surface area contributed by atoms with Gasteiger partial charge in [-0.05, 0) is 24.0 Å². The van der Waals surface area contributed by atoms with E-state index in [0.717, 1.165) is 12.3 Å². The number of rotatable bonds is 5. The molecule has 0 bridgehead atoms. The van der Waals surface area contributed by atoms with Gasteiger partial charge >= 0.3 is 12.0 Å². The molecule has 0 radical (unpaired) electrons. The van der Waals surface area contributed by atoms with Crippen LogP contribution in [0.3, 0.4) is 0 Å². The Morgan fingerprint density at radius 2 is 2.05 bits per heavy atom. The minimum atomic E-state index is -4.54. The average Bonchev–Trinajstić information content (AvgIpc) is 2.87. The van der Waals surface area contributed by atoms with E-state index in [1.165, 1.54) is 22.8 Å². The van der Waals surface area contributed by atoms with Gasteiger partial charge in [-0.3, -0.25) is 0 Å². The summed E-state index contributed by atoms with van der Waals surface area (Å²) in [6.45, 7) is 1.63. The van der Waals surface area contributed by atoms with Crippen molar-refractivity contribution < 1.29 is 22.8 Å². The number of benzene rings is 1. The van der Waals surface area contributed by atoms with E-state index in [1.54, 1.807) is 6.92 Å². The highest BCUT2D eigenvalue weighted by atomic mass is 19.4. The van der Waals surface area contributed by atoms with Crippen molar-refractivity contribution in [3.63, 3.8) is 0 Å². The maximum absolute atomic E-state index is 12.8. The number of imidazole rings is 1. The molecule has 1 aromatic carbocycles. The number of hydrogen-bond donors (Lipinski definition) is 0. The smallest absolute Gasteiger partial charge is 0.419 e. The van der Waals surface area contributed by atoms with Gasteiger partial charge in [0.2, 0.25) is 5.82 Å². The van der Waals surface area contributed by atoms with Crippen LogP contribution in [0.5, 0.6) is 5.75 Å².